The maximum absolute atomic E-state index is 12.7. The summed E-state index contributed by atoms with van der Waals surface area (Å²) in [6, 6.07) is 13.6. The monoisotopic (exact) mass is 392 g/mol. The van der Waals surface area contributed by atoms with Gasteiger partial charge in [0.2, 0.25) is 0 Å². The first-order chi connectivity index (χ1) is 13.4. The second kappa shape index (κ2) is 7.98. The van der Waals surface area contributed by atoms with Crippen LogP contribution in [0.25, 0.3) is 17.2 Å². The quantitative estimate of drug-likeness (QED) is 0.354. The molecule has 1 aliphatic heterocycles. The highest BCUT2D eigenvalue weighted by Crippen LogP contribution is 2.27. The smallest absolute Gasteiger partial charge is 0.335 e. The molecule has 0 unspecified atom stereocenters. The minimum Gasteiger partial charge on any atom is -0.478 e. The van der Waals surface area contributed by atoms with Crippen LogP contribution in [0.3, 0.4) is 0 Å². The van der Waals surface area contributed by atoms with Crippen molar-refractivity contribution in [1.29, 1.82) is 0 Å². The third-order valence-corrected chi connectivity index (χ3v) is 4.50. The number of nitrogens with zero attached hydrogens (tertiary/aromatic N) is 1. The molecule has 2 amide bonds. The third kappa shape index (κ3) is 3.74. The highest BCUT2D eigenvalue weighted by Gasteiger charge is 2.32. The molecule has 2 N–H and O–H groups in total. The highest BCUT2D eigenvalue weighted by molar-refractivity contribution is 7.80. The number of carbonyl (C=O) groups is 3. The fourth-order valence-corrected chi connectivity index (χ4v) is 3.10. The van der Waals surface area contributed by atoms with Gasteiger partial charge in [-0.15, -0.1) is 6.58 Å². The largest absolute Gasteiger partial charge is 0.478 e. The van der Waals surface area contributed by atoms with Crippen molar-refractivity contribution in [3.05, 3.63) is 77.9 Å². The lowest BCUT2D eigenvalue weighted by Gasteiger charge is -2.27. The Morgan fingerprint density at radius 2 is 1.93 bits per heavy atom. The Labute approximate surface area is 166 Å². The second-order valence-electron chi connectivity index (χ2n) is 5.99. The van der Waals surface area contributed by atoms with Gasteiger partial charge in [0, 0.05) is 6.54 Å². The predicted octanol–water partition coefficient (Wildman–Crippen LogP) is 2.86. The zero-order valence-electron chi connectivity index (χ0n) is 14.7. The second-order valence-corrected chi connectivity index (χ2v) is 6.38. The zero-order valence-corrected chi connectivity index (χ0v) is 15.5. The number of hydrogen-bond donors (Lipinski definition) is 2. The molecule has 3 rings (SSSR count). The van der Waals surface area contributed by atoms with Gasteiger partial charge in [-0.3, -0.25) is 19.8 Å². The van der Waals surface area contributed by atoms with Gasteiger partial charge in [-0.2, -0.15) is 0 Å². The standard InChI is InChI=1S/C21H16N2O4S/c1-2-10-23-19(25)17(18(24)22-21(23)28)12-14-6-3-4-9-16(14)13-7-5-8-15(11-13)20(26)27/h2-9,11-12H,1,10H2,(H,26,27)(H,22,24,28)/b17-12+. The normalized spacial score (nSPS) is 15.5. The molecular formula is C21H16N2O4S. The van der Waals surface area contributed by atoms with Crippen molar-refractivity contribution >= 4 is 41.2 Å². The molecule has 1 saturated heterocycles. The average Bonchev–Trinajstić information content (AvgIpc) is 2.69. The summed E-state index contributed by atoms with van der Waals surface area (Å²) in [6.45, 7) is 3.77. The summed E-state index contributed by atoms with van der Waals surface area (Å²) < 4.78 is 0. The van der Waals surface area contributed by atoms with E-state index in [0.29, 0.717) is 16.7 Å². The molecular weight excluding hydrogens is 376 g/mol. The van der Waals surface area contributed by atoms with Crippen LogP contribution in [-0.2, 0) is 9.59 Å². The third-order valence-electron chi connectivity index (χ3n) is 4.18. The van der Waals surface area contributed by atoms with Gasteiger partial charge in [-0.25, -0.2) is 4.79 Å². The molecule has 7 heteroatoms. The Hall–Kier alpha value is -3.58. The van der Waals surface area contributed by atoms with Gasteiger partial charge >= 0.3 is 5.97 Å². The Morgan fingerprint density at radius 3 is 2.64 bits per heavy atom. The number of thiocarbonyl (C=S) groups is 1. The lowest BCUT2D eigenvalue weighted by molar-refractivity contribution is -0.128. The minimum absolute atomic E-state index is 0.0366. The van der Waals surface area contributed by atoms with Crippen LogP contribution < -0.4 is 5.32 Å². The van der Waals surface area contributed by atoms with Crippen molar-refractivity contribution in [2.24, 2.45) is 0 Å². The van der Waals surface area contributed by atoms with E-state index in [2.05, 4.69) is 11.9 Å². The summed E-state index contributed by atoms with van der Waals surface area (Å²) in [5.74, 6) is -2.12. The molecule has 0 saturated carbocycles. The van der Waals surface area contributed by atoms with Crippen LogP contribution in [0.2, 0.25) is 0 Å². The lowest BCUT2D eigenvalue weighted by atomic mass is 9.96. The molecule has 0 radical (unpaired) electrons. The number of rotatable bonds is 5. The number of nitrogens with one attached hydrogen (secondary N) is 1. The van der Waals surface area contributed by atoms with Crippen LogP contribution >= 0.6 is 12.2 Å². The molecule has 2 aromatic carbocycles. The van der Waals surface area contributed by atoms with E-state index in [9.17, 15) is 19.5 Å². The average molecular weight is 392 g/mol. The fourth-order valence-electron chi connectivity index (χ4n) is 2.85. The molecule has 0 atom stereocenters. The number of aromatic carboxylic acids is 1. The molecule has 0 aliphatic carbocycles. The SMILES string of the molecule is C=CCN1C(=O)/C(=C/c2ccccc2-c2cccc(C(=O)O)c2)C(=O)NC1=S. The first-order valence-corrected chi connectivity index (χ1v) is 8.75. The van der Waals surface area contributed by atoms with Crippen LogP contribution in [-0.4, -0.2) is 39.4 Å². The van der Waals surface area contributed by atoms with Crippen LogP contribution in [0.1, 0.15) is 15.9 Å². The van der Waals surface area contributed by atoms with Crippen LogP contribution in [0.15, 0.2) is 66.8 Å². The zero-order chi connectivity index (χ0) is 20.3. The summed E-state index contributed by atoms with van der Waals surface area (Å²) in [6.07, 6.45) is 3.00. The summed E-state index contributed by atoms with van der Waals surface area (Å²) in [7, 11) is 0. The number of amides is 2. The Morgan fingerprint density at radius 1 is 1.18 bits per heavy atom. The molecule has 140 valence electrons. The lowest BCUT2D eigenvalue weighted by Crippen LogP contribution is -2.53. The van der Waals surface area contributed by atoms with E-state index < -0.39 is 17.8 Å². The number of carboxylic acids is 1. The van der Waals surface area contributed by atoms with Crippen molar-refractivity contribution < 1.29 is 19.5 Å². The van der Waals surface area contributed by atoms with E-state index in [4.69, 9.17) is 12.2 Å². The fraction of sp³-hybridized carbons (Fsp3) is 0.0476. The van der Waals surface area contributed by atoms with Crippen LogP contribution in [0.4, 0.5) is 0 Å². The molecule has 0 bridgehead atoms. The molecule has 28 heavy (non-hydrogen) atoms. The van der Waals surface area contributed by atoms with Crippen molar-refractivity contribution in [2.75, 3.05) is 6.54 Å². The molecule has 6 nitrogen and oxygen atoms in total. The molecule has 1 aliphatic rings. The van der Waals surface area contributed by atoms with Gasteiger partial charge in [0.15, 0.2) is 5.11 Å². The number of benzene rings is 2. The Balaban J connectivity index is 2.08. The molecule has 2 aromatic rings. The van der Waals surface area contributed by atoms with Crippen LogP contribution in [0, 0.1) is 0 Å². The van der Waals surface area contributed by atoms with Crippen molar-refractivity contribution in [3.63, 3.8) is 0 Å². The number of hydrogen-bond acceptors (Lipinski definition) is 4. The Bertz CT molecular complexity index is 1040. The van der Waals surface area contributed by atoms with Gasteiger partial charge in [0.25, 0.3) is 11.8 Å². The number of carbonyl (C=O) groups excluding carboxylic acids is 2. The molecule has 0 spiro atoms. The van der Waals surface area contributed by atoms with E-state index in [1.165, 1.54) is 23.1 Å². The molecule has 1 fully saturated rings. The van der Waals surface area contributed by atoms with Crippen molar-refractivity contribution in [3.8, 4) is 11.1 Å². The minimum atomic E-state index is -1.03. The first kappa shape index (κ1) is 19.2. The van der Waals surface area contributed by atoms with E-state index in [1.54, 1.807) is 42.5 Å². The van der Waals surface area contributed by atoms with E-state index in [0.717, 1.165) is 0 Å². The maximum Gasteiger partial charge on any atom is 0.335 e. The highest BCUT2D eigenvalue weighted by atomic mass is 32.1. The summed E-state index contributed by atoms with van der Waals surface area (Å²) >= 11 is 5.05. The van der Waals surface area contributed by atoms with Gasteiger partial charge < -0.3 is 5.11 Å². The maximum atomic E-state index is 12.7. The van der Waals surface area contributed by atoms with E-state index in [1.807, 2.05) is 0 Å². The first-order valence-electron chi connectivity index (χ1n) is 8.35. The predicted molar refractivity (Wildman–Crippen MR) is 109 cm³/mol. The van der Waals surface area contributed by atoms with E-state index in [-0.39, 0.29) is 22.8 Å². The van der Waals surface area contributed by atoms with Crippen LogP contribution in [0.5, 0.6) is 0 Å². The van der Waals surface area contributed by atoms with Gasteiger partial charge in [-0.1, -0.05) is 42.5 Å². The molecule has 1 heterocycles. The van der Waals surface area contributed by atoms with Gasteiger partial charge in [0.05, 0.1) is 5.56 Å². The summed E-state index contributed by atoms with van der Waals surface area (Å²) in [5.41, 5.74) is 2.05. The Kier molecular flexibility index (Phi) is 5.47. The number of carboxylic acid groups (broad SMARTS) is 1. The van der Waals surface area contributed by atoms with Gasteiger partial charge in [0.1, 0.15) is 5.57 Å². The molecule has 0 aromatic heterocycles. The summed E-state index contributed by atoms with van der Waals surface area (Å²) in [4.78, 5) is 37.6. The van der Waals surface area contributed by atoms with Crippen molar-refractivity contribution in [1.82, 2.24) is 10.2 Å². The van der Waals surface area contributed by atoms with Gasteiger partial charge in [-0.05, 0) is 47.1 Å². The van der Waals surface area contributed by atoms with E-state index >= 15 is 0 Å². The topological polar surface area (TPSA) is 86.7 Å². The van der Waals surface area contributed by atoms with Crippen molar-refractivity contribution in [2.45, 2.75) is 0 Å². The summed E-state index contributed by atoms with van der Waals surface area (Å²) in [5, 5.41) is 11.8.